The minimum Gasteiger partial charge on any atom is -0.469 e. The van der Waals surface area contributed by atoms with Gasteiger partial charge in [-0.05, 0) is 62.3 Å². The van der Waals surface area contributed by atoms with E-state index in [0.29, 0.717) is 36.3 Å². The van der Waals surface area contributed by atoms with Gasteiger partial charge in [-0.1, -0.05) is 24.5 Å². The predicted octanol–water partition coefficient (Wildman–Crippen LogP) is 6.11. The largest absolute Gasteiger partial charge is 0.469 e. The van der Waals surface area contributed by atoms with Crippen molar-refractivity contribution < 1.29 is 32.6 Å². The Morgan fingerprint density at radius 1 is 1.16 bits per heavy atom. The Kier molecular flexibility index (Phi) is 10.8. The number of rotatable bonds is 13. The van der Waals surface area contributed by atoms with Gasteiger partial charge >= 0.3 is 12.1 Å². The topological polar surface area (TPSA) is 63.6 Å². The second kappa shape index (κ2) is 13.0. The van der Waals surface area contributed by atoms with Crippen LogP contribution >= 0.6 is 11.8 Å². The van der Waals surface area contributed by atoms with E-state index in [1.165, 1.54) is 24.9 Å². The maximum Gasteiger partial charge on any atom is 0.416 e. The van der Waals surface area contributed by atoms with Crippen molar-refractivity contribution >= 4 is 23.5 Å². The van der Waals surface area contributed by atoms with Gasteiger partial charge in [-0.25, -0.2) is 0 Å². The third kappa shape index (κ3) is 8.98. The van der Waals surface area contributed by atoms with Gasteiger partial charge < -0.3 is 9.84 Å². The summed E-state index contributed by atoms with van der Waals surface area (Å²) in [6.07, 6.45) is 1.99. The molecule has 0 aliphatic heterocycles. The van der Waals surface area contributed by atoms with E-state index in [1.54, 1.807) is 6.07 Å². The van der Waals surface area contributed by atoms with Crippen LogP contribution in [0.5, 0.6) is 0 Å². The number of thioether (sulfide) groups is 1. The molecular formula is C24H31F3O4S. The van der Waals surface area contributed by atoms with Crippen LogP contribution in [-0.4, -0.2) is 35.8 Å². The fourth-order valence-corrected chi connectivity index (χ4v) is 4.70. The van der Waals surface area contributed by atoms with E-state index in [4.69, 9.17) is 0 Å². The number of halogens is 3. The molecule has 4 nitrogen and oxygen atoms in total. The first-order chi connectivity index (χ1) is 15.2. The smallest absolute Gasteiger partial charge is 0.416 e. The van der Waals surface area contributed by atoms with Gasteiger partial charge in [0.25, 0.3) is 0 Å². The first kappa shape index (κ1) is 26.5. The normalized spacial score (nSPS) is 15.3. The summed E-state index contributed by atoms with van der Waals surface area (Å²) in [5.74, 6) is 0.283. The standard InChI is InChI=1S/C24H31F3O4S/c1-31-23(30)10-5-3-2-4-9-21-17(12-14-22(21)29)11-13-19(28)16-32-20-8-6-7-18(15-20)24(25,26)27/h6-8,15,19,28H,2-5,9-14,16H2,1H3. The average molecular weight is 473 g/mol. The number of ketones is 1. The molecule has 0 saturated heterocycles. The first-order valence-electron chi connectivity index (χ1n) is 11.0. The molecule has 0 fully saturated rings. The number of benzene rings is 1. The molecule has 1 aliphatic carbocycles. The van der Waals surface area contributed by atoms with Crippen LogP contribution < -0.4 is 0 Å². The van der Waals surface area contributed by atoms with Crippen molar-refractivity contribution in [2.45, 2.75) is 81.4 Å². The molecule has 1 N–H and O–H groups in total. The summed E-state index contributed by atoms with van der Waals surface area (Å²) in [4.78, 5) is 23.8. The van der Waals surface area contributed by atoms with E-state index < -0.39 is 17.8 Å². The summed E-state index contributed by atoms with van der Waals surface area (Å²) in [5, 5.41) is 10.3. The molecule has 0 heterocycles. The number of alkyl halides is 3. The van der Waals surface area contributed by atoms with E-state index in [1.807, 2.05) is 0 Å². The van der Waals surface area contributed by atoms with Crippen molar-refractivity contribution in [3.63, 3.8) is 0 Å². The van der Waals surface area contributed by atoms with E-state index in [2.05, 4.69) is 4.74 Å². The van der Waals surface area contributed by atoms with Crippen LogP contribution in [0.2, 0.25) is 0 Å². The minimum atomic E-state index is -4.38. The lowest BCUT2D eigenvalue weighted by molar-refractivity contribution is -0.141. The van der Waals surface area contributed by atoms with Gasteiger partial charge in [-0.2, -0.15) is 13.2 Å². The van der Waals surface area contributed by atoms with Crippen molar-refractivity contribution in [2.24, 2.45) is 0 Å². The molecule has 0 aromatic heterocycles. The molecule has 1 aromatic rings. The summed E-state index contributed by atoms with van der Waals surface area (Å²) in [5.41, 5.74) is 1.30. The van der Waals surface area contributed by atoms with Crippen LogP contribution in [0.25, 0.3) is 0 Å². The number of esters is 1. The summed E-state index contributed by atoms with van der Waals surface area (Å²) in [6.45, 7) is 0. The summed E-state index contributed by atoms with van der Waals surface area (Å²) >= 11 is 1.20. The van der Waals surface area contributed by atoms with Gasteiger partial charge in [0.2, 0.25) is 0 Å². The molecule has 1 aromatic carbocycles. The van der Waals surface area contributed by atoms with Gasteiger partial charge in [0.05, 0.1) is 18.8 Å². The van der Waals surface area contributed by atoms with Crippen molar-refractivity contribution in [1.29, 1.82) is 0 Å². The third-order valence-electron chi connectivity index (χ3n) is 5.59. The number of carbonyl (C=O) groups is 2. The molecule has 0 spiro atoms. The Hall–Kier alpha value is -1.80. The number of Topliss-reactive ketones (excluding diaryl/α,β-unsaturated/α-hetero) is 1. The molecule has 2 rings (SSSR count). The molecule has 0 bridgehead atoms. The number of carbonyl (C=O) groups excluding carboxylic acids is 2. The van der Waals surface area contributed by atoms with Gasteiger partial charge in [0, 0.05) is 23.5 Å². The molecule has 0 saturated carbocycles. The molecule has 178 valence electrons. The lowest BCUT2D eigenvalue weighted by Gasteiger charge is -2.13. The molecule has 1 atom stereocenters. The molecule has 0 amide bonds. The lowest BCUT2D eigenvalue weighted by atomic mass is 9.99. The number of allylic oxidation sites excluding steroid dienone is 2. The van der Waals surface area contributed by atoms with E-state index in [0.717, 1.165) is 61.8 Å². The zero-order valence-corrected chi connectivity index (χ0v) is 19.2. The fourth-order valence-electron chi connectivity index (χ4n) is 3.76. The second-order valence-corrected chi connectivity index (χ2v) is 9.12. The number of unbranched alkanes of at least 4 members (excludes halogenated alkanes) is 3. The quantitative estimate of drug-likeness (QED) is 0.213. The zero-order valence-electron chi connectivity index (χ0n) is 18.4. The number of aliphatic hydroxyl groups is 1. The third-order valence-corrected chi connectivity index (χ3v) is 6.72. The second-order valence-electron chi connectivity index (χ2n) is 8.02. The van der Waals surface area contributed by atoms with Crippen molar-refractivity contribution in [3.8, 4) is 0 Å². The maximum atomic E-state index is 12.8. The highest BCUT2D eigenvalue weighted by molar-refractivity contribution is 7.99. The van der Waals surface area contributed by atoms with Crippen LogP contribution in [0.15, 0.2) is 40.3 Å². The highest BCUT2D eigenvalue weighted by Crippen LogP contribution is 2.33. The van der Waals surface area contributed by atoms with Gasteiger partial charge in [0.1, 0.15) is 0 Å². The van der Waals surface area contributed by atoms with E-state index in [9.17, 15) is 27.9 Å². The minimum absolute atomic E-state index is 0.183. The molecule has 1 aliphatic rings. The number of hydrogen-bond donors (Lipinski definition) is 1. The SMILES string of the molecule is COC(=O)CCCCCCC1=C(CCC(O)CSc2cccc(C(F)(F)F)c2)CCC1=O. The van der Waals surface area contributed by atoms with Gasteiger partial charge in [0.15, 0.2) is 5.78 Å². The van der Waals surface area contributed by atoms with Crippen LogP contribution in [0.3, 0.4) is 0 Å². The Morgan fingerprint density at radius 2 is 1.91 bits per heavy atom. The Bertz CT molecular complexity index is 805. The molecule has 32 heavy (non-hydrogen) atoms. The lowest BCUT2D eigenvalue weighted by Crippen LogP contribution is -2.10. The predicted molar refractivity (Wildman–Crippen MR) is 118 cm³/mol. The van der Waals surface area contributed by atoms with Gasteiger partial charge in [-0.3, -0.25) is 9.59 Å². The summed E-state index contributed by atoms with van der Waals surface area (Å²) in [7, 11) is 1.38. The Morgan fingerprint density at radius 3 is 2.62 bits per heavy atom. The van der Waals surface area contributed by atoms with Crippen molar-refractivity contribution in [1.82, 2.24) is 0 Å². The molecule has 0 radical (unpaired) electrons. The number of methoxy groups -OCH3 is 1. The van der Waals surface area contributed by atoms with Gasteiger partial charge in [-0.15, -0.1) is 11.8 Å². The Balaban J connectivity index is 1.75. The maximum absolute atomic E-state index is 12.8. The van der Waals surface area contributed by atoms with E-state index in [-0.39, 0.29) is 11.8 Å². The van der Waals surface area contributed by atoms with E-state index >= 15 is 0 Å². The Labute approximate surface area is 191 Å². The van der Waals surface area contributed by atoms with Crippen LogP contribution in [0.4, 0.5) is 13.2 Å². The molecule has 1 unspecified atom stereocenters. The van der Waals surface area contributed by atoms with Crippen molar-refractivity contribution in [2.75, 3.05) is 12.9 Å². The number of aliphatic hydroxyl groups excluding tert-OH is 1. The van der Waals surface area contributed by atoms with Crippen LogP contribution in [0.1, 0.15) is 69.8 Å². The summed E-state index contributed by atoms with van der Waals surface area (Å²) < 4.78 is 43.1. The summed E-state index contributed by atoms with van der Waals surface area (Å²) in [6, 6.07) is 5.10. The zero-order chi connectivity index (χ0) is 23.6. The number of hydrogen-bond acceptors (Lipinski definition) is 5. The number of ether oxygens (including phenoxy) is 1. The highest BCUT2D eigenvalue weighted by atomic mass is 32.2. The van der Waals surface area contributed by atoms with Crippen LogP contribution in [-0.2, 0) is 20.5 Å². The van der Waals surface area contributed by atoms with Crippen LogP contribution in [0, 0.1) is 0 Å². The average Bonchev–Trinajstić information content (AvgIpc) is 3.11. The molecular weight excluding hydrogens is 441 g/mol. The first-order valence-corrected chi connectivity index (χ1v) is 12.0. The van der Waals surface area contributed by atoms with Crippen molar-refractivity contribution in [3.05, 3.63) is 41.0 Å². The highest BCUT2D eigenvalue weighted by Gasteiger charge is 2.30. The molecule has 8 heteroatoms. The fraction of sp³-hybridized carbons (Fsp3) is 0.583. The monoisotopic (exact) mass is 472 g/mol.